The van der Waals surface area contributed by atoms with Gasteiger partial charge in [0.15, 0.2) is 0 Å². The molecule has 1 atom stereocenters. The third kappa shape index (κ3) is 3.01. The fraction of sp³-hybridized carbons (Fsp3) is 0.143. The van der Waals surface area contributed by atoms with Crippen molar-refractivity contribution in [3.05, 3.63) is 58.3 Å². The Hall–Kier alpha value is -1.55. The molecule has 0 radical (unpaired) electrons. The number of nitrogens with one attached hydrogen (secondary N) is 1. The topological polar surface area (TPSA) is 32.3 Å². The van der Waals surface area contributed by atoms with Crippen molar-refractivity contribution < 1.29 is 9.50 Å². The molecule has 0 aliphatic heterocycles. The van der Waals surface area contributed by atoms with E-state index in [1.54, 1.807) is 30.3 Å². The SMILES string of the molecule is CC(Nc1ccc(O)cc1)c1ccc(F)cc1Br. The van der Waals surface area contributed by atoms with Crippen molar-refractivity contribution in [1.29, 1.82) is 0 Å². The summed E-state index contributed by atoms with van der Waals surface area (Å²) in [5.74, 6) is -0.0291. The van der Waals surface area contributed by atoms with Crippen molar-refractivity contribution in [2.45, 2.75) is 13.0 Å². The second-order valence-corrected chi connectivity index (χ2v) is 4.93. The second-order valence-electron chi connectivity index (χ2n) is 4.08. The third-order valence-electron chi connectivity index (χ3n) is 2.68. The van der Waals surface area contributed by atoms with E-state index < -0.39 is 0 Å². The van der Waals surface area contributed by atoms with Crippen LogP contribution >= 0.6 is 15.9 Å². The van der Waals surface area contributed by atoms with Crippen LogP contribution in [0.5, 0.6) is 5.75 Å². The number of halogens is 2. The van der Waals surface area contributed by atoms with E-state index in [2.05, 4.69) is 21.2 Å². The summed E-state index contributed by atoms with van der Waals surface area (Å²) in [6.07, 6.45) is 0. The lowest BCUT2D eigenvalue weighted by Gasteiger charge is -2.17. The summed E-state index contributed by atoms with van der Waals surface area (Å²) in [5.41, 5.74) is 1.88. The molecule has 18 heavy (non-hydrogen) atoms. The minimum absolute atomic E-state index is 0.0320. The maximum absolute atomic E-state index is 13.0. The van der Waals surface area contributed by atoms with Gasteiger partial charge in [0, 0.05) is 16.2 Å². The molecule has 2 aromatic carbocycles. The molecule has 2 rings (SSSR count). The van der Waals surface area contributed by atoms with Crippen LogP contribution in [-0.4, -0.2) is 5.11 Å². The van der Waals surface area contributed by atoms with E-state index in [1.807, 2.05) is 6.92 Å². The molecule has 2 nitrogen and oxygen atoms in total. The number of rotatable bonds is 3. The minimum Gasteiger partial charge on any atom is -0.508 e. The van der Waals surface area contributed by atoms with E-state index in [9.17, 15) is 9.50 Å². The first-order valence-electron chi connectivity index (χ1n) is 5.57. The molecule has 2 N–H and O–H groups in total. The van der Waals surface area contributed by atoms with Gasteiger partial charge < -0.3 is 10.4 Å². The molecule has 0 spiro atoms. The molecule has 0 saturated heterocycles. The zero-order valence-corrected chi connectivity index (χ0v) is 11.4. The molecule has 0 aliphatic rings. The number of aromatic hydroxyl groups is 1. The lowest BCUT2D eigenvalue weighted by molar-refractivity contribution is 0.475. The van der Waals surface area contributed by atoms with Gasteiger partial charge in [0.25, 0.3) is 0 Å². The van der Waals surface area contributed by atoms with Crippen molar-refractivity contribution in [2.75, 3.05) is 5.32 Å². The number of anilines is 1. The summed E-state index contributed by atoms with van der Waals surface area (Å²) in [6.45, 7) is 1.99. The highest BCUT2D eigenvalue weighted by Crippen LogP contribution is 2.27. The van der Waals surface area contributed by atoms with Gasteiger partial charge in [-0.3, -0.25) is 0 Å². The number of phenolic OH excluding ortho intramolecular Hbond substituents is 1. The monoisotopic (exact) mass is 309 g/mol. The van der Waals surface area contributed by atoms with Crippen LogP contribution in [0.1, 0.15) is 18.5 Å². The van der Waals surface area contributed by atoms with E-state index >= 15 is 0 Å². The van der Waals surface area contributed by atoms with Crippen molar-refractivity contribution in [2.24, 2.45) is 0 Å². The standard InChI is InChI=1S/C14H13BrFNO/c1-9(13-7-2-10(16)8-14(13)15)17-11-3-5-12(18)6-4-11/h2-9,17-18H,1H3. The van der Waals surface area contributed by atoms with Crippen LogP contribution in [0.2, 0.25) is 0 Å². The molecular formula is C14H13BrFNO. The summed E-state index contributed by atoms with van der Waals surface area (Å²) in [4.78, 5) is 0. The first kappa shape index (κ1) is 12.9. The average molecular weight is 310 g/mol. The Kier molecular flexibility index (Phi) is 3.87. The highest BCUT2D eigenvalue weighted by molar-refractivity contribution is 9.10. The Labute approximate surface area is 114 Å². The molecule has 0 fully saturated rings. The molecule has 0 bridgehead atoms. The minimum atomic E-state index is -0.262. The first-order valence-corrected chi connectivity index (χ1v) is 6.36. The van der Waals surface area contributed by atoms with Crippen LogP contribution in [0, 0.1) is 5.82 Å². The number of hydrogen-bond donors (Lipinski definition) is 2. The van der Waals surface area contributed by atoms with Crippen molar-refractivity contribution in [1.82, 2.24) is 0 Å². The average Bonchev–Trinajstić information content (AvgIpc) is 2.32. The van der Waals surface area contributed by atoms with Gasteiger partial charge in [-0.05, 0) is 48.9 Å². The second kappa shape index (κ2) is 5.40. The molecular weight excluding hydrogens is 297 g/mol. The summed E-state index contributed by atoms with van der Waals surface area (Å²) in [5, 5.41) is 12.5. The highest BCUT2D eigenvalue weighted by atomic mass is 79.9. The van der Waals surface area contributed by atoms with Gasteiger partial charge in [-0.1, -0.05) is 22.0 Å². The molecule has 0 aromatic heterocycles. The molecule has 0 saturated carbocycles. The molecule has 94 valence electrons. The van der Waals surface area contributed by atoms with Gasteiger partial charge in [-0.25, -0.2) is 4.39 Å². The Morgan fingerprint density at radius 3 is 2.44 bits per heavy atom. The Balaban J connectivity index is 2.16. The largest absolute Gasteiger partial charge is 0.508 e. The summed E-state index contributed by atoms with van der Waals surface area (Å²) in [6, 6.07) is 11.5. The molecule has 1 unspecified atom stereocenters. The Morgan fingerprint density at radius 2 is 1.83 bits per heavy atom. The zero-order valence-electron chi connectivity index (χ0n) is 9.82. The smallest absolute Gasteiger partial charge is 0.124 e. The van der Waals surface area contributed by atoms with Crippen molar-refractivity contribution >= 4 is 21.6 Å². The van der Waals surface area contributed by atoms with Gasteiger partial charge in [0.2, 0.25) is 0 Å². The summed E-state index contributed by atoms with van der Waals surface area (Å²) >= 11 is 3.35. The molecule has 0 aliphatic carbocycles. The van der Waals surface area contributed by atoms with Gasteiger partial charge >= 0.3 is 0 Å². The predicted molar refractivity (Wildman–Crippen MR) is 74.2 cm³/mol. The van der Waals surface area contributed by atoms with E-state index in [0.717, 1.165) is 15.7 Å². The fourth-order valence-electron chi connectivity index (χ4n) is 1.74. The van der Waals surface area contributed by atoms with Crippen molar-refractivity contribution in [3.8, 4) is 5.75 Å². The van der Waals surface area contributed by atoms with Crippen LogP contribution in [0.3, 0.4) is 0 Å². The maximum Gasteiger partial charge on any atom is 0.124 e. The van der Waals surface area contributed by atoms with Crippen LogP contribution in [0.4, 0.5) is 10.1 Å². The maximum atomic E-state index is 13.0. The number of phenols is 1. The van der Waals surface area contributed by atoms with E-state index in [0.29, 0.717) is 0 Å². The van der Waals surface area contributed by atoms with E-state index in [4.69, 9.17) is 0 Å². The zero-order chi connectivity index (χ0) is 13.1. The summed E-state index contributed by atoms with van der Waals surface area (Å²) in [7, 11) is 0. The predicted octanol–water partition coefficient (Wildman–Crippen LogP) is 4.47. The fourth-order valence-corrected chi connectivity index (χ4v) is 2.43. The Morgan fingerprint density at radius 1 is 1.17 bits per heavy atom. The van der Waals surface area contributed by atoms with Crippen LogP contribution < -0.4 is 5.32 Å². The lowest BCUT2D eigenvalue weighted by Crippen LogP contribution is -2.07. The van der Waals surface area contributed by atoms with Gasteiger partial charge in [0.1, 0.15) is 11.6 Å². The highest BCUT2D eigenvalue weighted by Gasteiger charge is 2.09. The van der Waals surface area contributed by atoms with Crippen LogP contribution in [0.25, 0.3) is 0 Å². The molecule has 0 amide bonds. The number of benzene rings is 2. The van der Waals surface area contributed by atoms with E-state index in [1.165, 1.54) is 12.1 Å². The third-order valence-corrected chi connectivity index (χ3v) is 3.37. The molecule has 2 aromatic rings. The lowest BCUT2D eigenvalue weighted by atomic mass is 10.1. The normalized spacial score (nSPS) is 12.2. The summed E-state index contributed by atoms with van der Waals surface area (Å²) < 4.78 is 13.7. The van der Waals surface area contributed by atoms with Crippen LogP contribution in [0.15, 0.2) is 46.9 Å². The first-order chi connectivity index (χ1) is 8.56. The van der Waals surface area contributed by atoms with Crippen LogP contribution in [-0.2, 0) is 0 Å². The van der Waals surface area contributed by atoms with E-state index in [-0.39, 0.29) is 17.6 Å². The van der Waals surface area contributed by atoms with Gasteiger partial charge in [-0.15, -0.1) is 0 Å². The number of hydrogen-bond acceptors (Lipinski definition) is 2. The van der Waals surface area contributed by atoms with Gasteiger partial charge in [-0.2, -0.15) is 0 Å². The molecule has 4 heteroatoms. The van der Waals surface area contributed by atoms with Crippen molar-refractivity contribution in [3.63, 3.8) is 0 Å². The quantitative estimate of drug-likeness (QED) is 0.820. The Bertz CT molecular complexity index is 542. The van der Waals surface area contributed by atoms with Gasteiger partial charge in [0.05, 0.1) is 0 Å². The molecule has 0 heterocycles.